The second-order valence-corrected chi connectivity index (χ2v) is 7.33. The Morgan fingerprint density at radius 2 is 2.07 bits per heavy atom. The first kappa shape index (κ1) is 17.6. The Hall–Kier alpha value is -2.83. The average Bonchev–Trinajstić information content (AvgIpc) is 3.43. The zero-order chi connectivity index (χ0) is 19.0. The molecule has 2 aliphatic rings. The SMILES string of the molecule is Cc1cc(C)n(CC(=O)N2CCOc3ccc(NC(=O)C4CC4)cc3C2)n1. The van der Waals surface area contributed by atoms with Gasteiger partial charge >= 0.3 is 0 Å². The Bertz CT molecular complexity index is 885. The monoisotopic (exact) mass is 368 g/mol. The molecule has 142 valence electrons. The fraction of sp³-hybridized carbons (Fsp3) is 0.450. The van der Waals surface area contributed by atoms with Crippen LogP contribution in [-0.4, -0.2) is 39.6 Å². The van der Waals surface area contributed by atoms with E-state index in [1.807, 2.05) is 38.1 Å². The van der Waals surface area contributed by atoms with Crippen molar-refractivity contribution in [1.82, 2.24) is 14.7 Å². The molecule has 1 aliphatic heterocycles. The molecule has 0 saturated heterocycles. The van der Waals surface area contributed by atoms with Crippen molar-refractivity contribution in [2.75, 3.05) is 18.5 Å². The standard InChI is InChI=1S/C20H24N4O3/c1-13-9-14(2)24(22-13)12-19(25)23-7-8-27-18-6-5-17(10-16(18)11-23)21-20(26)15-3-4-15/h5-6,9-10,15H,3-4,7-8,11-12H2,1-2H3,(H,21,26). The summed E-state index contributed by atoms with van der Waals surface area (Å²) in [6, 6.07) is 7.59. The smallest absolute Gasteiger partial charge is 0.244 e. The minimum atomic E-state index is 0.00469. The fourth-order valence-corrected chi connectivity index (χ4v) is 3.34. The lowest BCUT2D eigenvalue weighted by molar-refractivity contribution is -0.132. The highest BCUT2D eigenvalue weighted by atomic mass is 16.5. The number of hydrogen-bond donors (Lipinski definition) is 1. The summed E-state index contributed by atoms with van der Waals surface area (Å²) in [5.41, 5.74) is 3.53. The molecule has 0 unspecified atom stereocenters. The first-order chi connectivity index (χ1) is 13.0. The molecule has 2 heterocycles. The summed E-state index contributed by atoms with van der Waals surface area (Å²) in [5, 5.41) is 7.33. The van der Waals surface area contributed by atoms with Crippen molar-refractivity contribution < 1.29 is 14.3 Å². The summed E-state index contributed by atoms with van der Waals surface area (Å²) < 4.78 is 7.53. The Labute approximate surface area is 158 Å². The van der Waals surface area contributed by atoms with Crippen molar-refractivity contribution in [3.8, 4) is 5.75 Å². The summed E-state index contributed by atoms with van der Waals surface area (Å²) >= 11 is 0. The number of ether oxygens (including phenoxy) is 1. The van der Waals surface area contributed by atoms with Crippen LogP contribution >= 0.6 is 0 Å². The zero-order valence-electron chi connectivity index (χ0n) is 15.7. The molecule has 1 aromatic heterocycles. The van der Waals surface area contributed by atoms with E-state index in [-0.39, 0.29) is 24.3 Å². The van der Waals surface area contributed by atoms with Crippen molar-refractivity contribution >= 4 is 17.5 Å². The van der Waals surface area contributed by atoms with Gasteiger partial charge in [0.05, 0.1) is 12.2 Å². The van der Waals surface area contributed by atoms with E-state index >= 15 is 0 Å². The van der Waals surface area contributed by atoms with Gasteiger partial charge in [0, 0.05) is 29.4 Å². The summed E-state index contributed by atoms with van der Waals surface area (Å²) in [7, 11) is 0. The number of benzene rings is 1. The topological polar surface area (TPSA) is 76.5 Å². The Morgan fingerprint density at radius 3 is 2.78 bits per heavy atom. The summed E-state index contributed by atoms with van der Waals surface area (Å²) in [4.78, 5) is 26.6. The fourth-order valence-electron chi connectivity index (χ4n) is 3.34. The number of anilines is 1. The van der Waals surface area contributed by atoms with Gasteiger partial charge in [0.1, 0.15) is 18.9 Å². The van der Waals surface area contributed by atoms with Crippen LogP contribution in [0.15, 0.2) is 24.3 Å². The maximum Gasteiger partial charge on any atom is 0.244 e. The molecular formula is C20H24N4O3. The van der Waals surface area contributed by atoms with E-state index in [9.17, 15) is 9.59 Å². The van der Waals surface area contributed by atoms with Gasteiger partial charge in [-0.15, -0.1) is 0 Å². The number of carbonyl (C=O) groups is 2. The molecule has 1 N–H and O–H groups in total. The molecule has 4 rings (SSSR count). The number of fused-ring (bicyclic) bond motifs is 1. The molecule has 27 heavy (non-hydrogen) atoms. The molecule has 1 fully saturated rings. The van der Waals surface area contributed by atoms with Gasteiger partial charge < -0.3 is 15.0 Å². The Balaban J connectivity index is 1.48. The van der Waals surface area contributed by atoms with Crippen LogP contribution in [0, 0.1) is 19.8 Å². The molecule has 0 radical (unpaired) electrons. The minimum Gasteiger partial charge on any atom is -0.491 e. The van der Waals surface area contributed by atoms with Crippen LogP contribution in [0.3, 0.4) is 0 Å². The minimum absolute atomic E-state index is 0.00469. The predicted molar refractivity (Wildman–Crippen MR) is 100 cm³/mol. The molecular weight excluding hydrogens is 344 g/mol. The normalized spacial score (nSPS) is 16.3. The molecule has 0 spiro atoms. The molecule has 0 atom stereocenters. The van der Waals surface area contributed by atoms with Crippen molar-refractivity contribution in [2.45, 2.75) is 39.8 Å². The van der Waals surface area contributed by atoms with E-state index in [1.54, 1.807) is 9.58 Å². The highest BCUT2D eigenvalue weighted by molar-refractivity contribution is 5.94. The van der Waals surface area contributed by atoms with E-state index < -0.39 is 0 Å². The first-order valence-corrected chi connectivity index (χ1v) is 9.35. The molecule has 2 aromatic rings. The van der Waals surface area contributed by atoms with Crippen LogP contribution < -0.4 is 10.1 Å². The Kier molecular flexibility index (Phi) is 4.59. The molecule has 1 aromatic carbocycles. The third kappa shape index (κ3) is 3.97. The highest BCUT2D eigenvalue weighted by Crippen LogP contribution is 2.31. The number of carbonyl (C=O) groups excluding carboxylic acids is 2. The van der Waals surface area contributed by atoms with E-state index in [4.69, 9.17) is 4.74 Å². The molecule has 0 bridgehead atoms. The number of aromatic nitrogens is 2. The molecule has 1 aliphatic carbocycles. The van der Waals surface area contributed by atoms with Crippen LogP contribution in [0.25, 0.3) is 0 Å². The number of nitrogens with zero attached hydrogens (tertiary/aromatic N) is 3. The van der Waals surface area contributed by atoms with Gasteiger partial charge in [0.15, 0.2) is 0 Å². The highest BCUT2D eigenvalue weighted by Gasteiger charge is 2.30. The maximum absolute atomic E-state index is 12.8. The second kappa shape index (κ2) is 7.06. The van der Waals surface area contributed by atoms with Gasteiger partial charge in [-0.2, -0.15) is 5.10 Å². The van der Waals surface area contributed by atoms with Gasteiger partial charge in [0.25, 0.3) is 0 Å². The van der Waals surface area contributed by atoms with Gasteiger partial charge in [0.2, 0.25) is 11.8 Å². The molecule has 7 nitrogen and oxygen atoms in total. The van der Waals surface area contributed by atoms with E-state index in [2.05, 4.69) is 10.4 Å². The lowest BCUT2D eigenvalue weighted by atomic mass is 10.1. The summed E-state index contributed by atoms with van der Waals surface area (Å²) in [6.45, 7) is 5.51. The molecule has 2 amide bonds. The van der Waals surface area contributed by atoms with Crippen molar-refractivity contribution in [3.63, 3.8) is 0 Å². The first-order valence-electron chi connectivity index (χ1n) is 9.35. The second-order valence-electron chi connectivity index (χ2n) is 7.33. The van der Waals surface area contributed by atoms with Crippen LogP contribution in [0.4, 0.5) is 5.69 Å². The van der Waals surface area contributed by atoms with Gasteiger partial charge in [-0.3, -0.25) is 14.3 Å². The van der Waals surface area contributed by atoms with Crippen LogP contribution in [0.2, 0.25) is 0 Å². The van der Waals surface area contributed by atoms with Crippen LogP contribution in [-0.2, 0) is 22.7 Å². The van der Waals surface area contributed by atoms with Crippen LogP contribution in [0.5, 0.6) is 5.75 Å². The number of nitrogens with one attached hydrogen (secondary N) is 1. The largest absolute Gasteiger partial charge is 0.491 e. The predicted octanol–water partition coefficient (Wildman–Crippen LogP) is 2.27. The average molecular weight is 368 g/mol. The zero-order valence-corrected chi connectivity index (χ0v) is 15.7. The molecule has 7 heteroatoms. The lowest BCUT2D eigenvalue weighted by Gasteiger charge is -2.20. The molecule has 1 saturated carbocycles. The quantitative estimate of drug-likeness (QED) is 0.898. The number of hydrogen-bond acceptors (Lipinski definition) is 4. The maximum atomic E-state index is 12.8. The third-order valence-electron chi connectivity index (χ3n) is 5.00. The van der Waals surface area contributed by atoms with Gasteiger partial charge in [-0.05, 0) is 51.0 Å². The van der Waals surface area contributed by atoms with E-state index in [0.717, 1.165) is 41.2 Å². The lowest BCUT2D eigenvalue weighted by Crippen LogP contribution is -2.35. The van der Waals surface area contributed by atoms with Crippen molar-refractivity contribution in [3.05, 3.63) is 41.2 Å². The van der Waals surface area contributed by atoms with Crippen molar-refractivity contribution in [1.29, 1.82) is 0 Å². The number of aryl methyl sites for hydroxylation is 2. The van der Waals surface area contributed by atoms with Crippen LogP contribution in [0.1, 0.15) is 29.8 Å². The van der Waals surface area contributed by atoms with Crippen molar-refractivity contribution in [2.24, 2.45) is 5.92 Å². The summed E-state index contributed by atoms with van der Waals surface area (Å²) in [6.07, 6.45) is 1.93. The summed E-state index contributed by atoms with van der Waals surface area (Å²) in [5.74, 6) is 0.992. The van der Waals surface area contributed by atoms with E-state index in [1.165, 1.54) is 0 Å². The number of amides is 2. The van der Waals surface area contributed by atoms with Gasteiger partial charge in [-0.1, -0.05) is 0 Å². The van der Waals surface area contributed by atoms with E-state index in [0.29, 0.717) is 19.7 Å². The Morgan fingerprint density at radius 1 is 1.26 bits per heavy atom. The number of rotatable bonds is 4. The van der Waals surface area contributed by atoms with Gasteiger partial charge in [-0.25, -0.2) is 0 Å². The third-order valence-corrected chi connectivity index (χ3v) is 5.00.